The maximum Gasteiger partial charge on any atom is 0.528 e. The number of phosphoric acid groups is 1. The van der Waals surface area contributed by atoms with Gasteiger partial charge in [-0.3, -0.25) is 9.42 Å². The highest BCUT2D eigenvalue weighted by Crippen LogP contribution is 2.62. The molecule has 7 aromatic rings. The normalized spacial score (nSPS) is 19.3. The van der Waals surface area contributed by atoms with E-state index in [1.54, 1.807) is 0 Å². The van der Waals surface area contributed by atoms with E-state index < -0.39 is 13.9 Å². The summed E-state index contributed by atoms with van der Waals surface area (Å²) in [5.41, 5.74) is 34.2. The van der Waals surface area contributed by atoms with Gasteiger partial charge in [0.25, 0.3) is 0 Å². The van der Waals surface area contributed by atoms with Crippen LogP contribution in [-0.2, 0) is 21.9 Å². The van der Waals surface area contributed by atoms with Crippen molar-refractivity contribution in [3.63, 3.8) is 0 Å². The molecule has 1 N–H and O–H groups in total. The van der Waals surface area contributed by atoms with E-state index in [1.807, 2.05) is 0 Å². The Kier molecular flexibility index (Phi) is 12.6. The van der Waals surface area contributed by atoms with Crippen LogP contribution in [0.4, 0.5) is 0 Å². The molecule has 5 heteroatoms. The standard InChI is InChI=1S/C68H71O4P/c1-37-21-41(5)61(42(6)22-37)53-29-51(30-54(33-53)62-43(7)23-38(2)24-44(62)8)59-35-49-17-13-15-19-57(49)65-66-58-20-16-14-18-50(58)36-60(68(66)72-73(69,70)71-67(59)65)52-31-55(63-45(9)25-39(3)26-46(63)10)34-56(32-52)64-47(11)27-40(4)28-48(64)12/h21-36,59,67H,13-20H2,1-12H3,(H,69,70). The van der Waals surface area contributed by atoms with E-state index >= 15 is 4.57 Å². The number of phosphoric ester groups is 1. The molecule has 11 rings (SSSR count). The molecule has 0 saturated heterocycles. The van der Waals surface area contributed by atoms with Crippen LogP contribution in [0.3, 0.4) is 0 Å². The van der Waals surface area contributed by atoms with Crippen LogP contribution in [0.15, 0.2) is 108 Å². The van der Waals surface area contributed by atoms with Gasteiger partial charge in [0.15, 0.2) is 0 Å². The van der Waals surface area contributed by atoms with Gasteiger partial charge in [-0.15, -0.1) is 0 Å². The molecule has 1 saturated carbocycles. The molecular formula is C68H71O4P. The molecule has 7 aromatic carbocycles. The van der Waals surface area contributed by atoms with Crippen LogP contribution in [0.25, 0.3) is 61.2 Å². The van der Waals surface area contributed by atoms with Gasteiger partial charge in [0.2, 0.25) is 0 Å². The summed E-state index contributed by atoms with van der Waals surface area (Å²) >= 11 is 0. The molecule has 372 valence electrons. The van der Waals surface area contributed by atoms with Crippen LogP contribution in [0, 0.1) is 83.1 Å². The summed E-state index contributed by atoms with van der Waals surface area (Å²) in [5, 5.41) is 0. The first-order chi connectivity index (χ1) is 34.8. The SMILES string of the molecule is Cc1cc(C)c(-c2cc(-c3cc4c(c5c3OP(=O)(O)OC3C5=C5CCCCC5=CC3c3cc(-c5c(C)cc(C)cc5C)cc(-c5c(C)cc(C)cc5C)c3)CCCC4)cc(-c3c(C)cc(C)cc3C)c2)c(C)c1. The highest BCUT2D eigenvalue weighted by molar-refractivity contribution is 7.48. The zero-order chi connectivity index (χ0) is 51.4. The average Bonchev–Trinajstić information content (AvgIpc) is 3.43. The van der Waals surface area contributed by atoms with E-state index in [9.17, 15) is 4.89 Å². The summed E-state index contributed by atoms with van der Waals surface area (Å²) in [5.74, 6) is 0.113. The van der Waals surface area contributed by atoms with E-state index in [0.29, 0.717) is 5.75 Å². The van der Waals surface area contributed by atoms with Crippen molar-refractivity contribution in [3.05, 3.63) is 197 Å². The lowest BCUT2D eigenvalue weighted by atomic mass is 9.69. The Morgan fingerprint density at radius 2 is 0.849 bits per heavy atom. The lowest BCUT2D eigenvalue weighted by Crippen LogP contribution is -2.28. The second-order valence-electron chi connectivity index (χ2n) is 22.6. The molecular weight excluding hydrogens is 912 g/mol. The first kappa shape index (κ1) is 49.2. The van der Waals surface area contributed by atoms with E-state index in [1.165, 1.54) is 111 Å². The van der Waals surface area contributed by atoms with E-state index in [0.717, 1.165) is 101 Å². The van der Waals surface area contributed by atoms with Crippen molar-refractivity contribution in [2.75, 3.05) is 0 Å². The van der Waals surface area contributed by atoms with Gasteiger partial charge in [-0.05, 0) is 293 Å². The fourth-order valence-corrected chi connectivity index (χ4v) is 15.3. The molecule has 4 nitrogen and oxygen atoms in total. The molecule has 3 atom stereocenters. The summed E-state index contributed by atoms with van der Waals surface area (Å²) in [4.78, 5) is 12.5. The largest absolute Gasteiger partial charge is 0.528 e. The minimum atomic E-state index is -4.77. The third-order valence-electron chi connectivity index (χ3n) is 16.6. The minimum Gasteiger partial charge on any atom is -0.403 e. The first-order valence-electron chi connectivity index (χ1n) is 26.8. The number of hydrogen-bond acceptors (Lipinski definition) is 3. The fourth-order valence-electron chi connectivity index (χ4n) is 14.3. The van der Waals surface area contributed by atoms with Gasteiger partial charge >= 0.3 is 7.82 Å². The number of fused-ring (bicyclic) bond motifs is 6. The lowest BCUT2D eigenvalue weighted by Gasteiger charge is -2.37. The molecule has 0 amide bonds. The molecule has 4 aliphatic rings. The third kappa shape index (κ3) is 8.92. The molecule has 0 spiro atoms. The molecule has 0 bridgehead atoms. The van der Waals surface area contributed by atoms with Gasteiger partial charge in [0.1, 0.15) is 11.9 Å². The minimum absolute atomic E-state index is 0.365. The summed E-state index contributed by atoms with van der Waals surface area (Å²) in [6.07, 6.45) is 9.56. The van der Waals surface area contributed by atoms with Crippen molar-refractivity contribution in [1.29, 1.82) is 0 Å². The van der Waals surface area contributed by atoms with Crippen LogP contribution in [0.5, 0.6) is 5.75 Å². The molecule has 0 aromatic heterocycles. The van der Waals surface area contributed by atoms with Crippen molar-refractivity contribution in [1.82, 2.24) is 0 Å². The Balaban J connectivity index is 1.19. The van der Waals surface area contributed by atoms with Gasteiger partial charge in [-0.25, -0.2) is 4.57 Å². The summed E-state index contributed by atoms with van der Waals surface area (Å²) in [6.45, 7) is 26.4. The summed E-state index contributed by atoms with van der Waals surface area (Å²) in [6, 6.07) is 34.6. The summed E-state index contributed by atoms with van der Waals surface area (Å²) < 4.78 is 28.9. The number of benzene rings is 7. The highest BCUT2D eigenvalue weighted by atomic mass is 31.2. The van der Waals surface area contributed by atoms with Crippen molar-refractivity contribution in [2.45, 2.75) is 146 Å². The van der Waals surface area contributed by atoms with Crippen molar-refractivity contribution < 1.29 is 18.5 Å². The maximum atomic E-state index is 15.3. The van der Waals surface area contributed by atoms with Crippen LogP contribution < -0.4 is 4.52 Å². The maximum absolute atomic E-state index is 15.3. The van der Waals surface area contributed by atoms with E-state index in [2.05, 4.69) is 180 Å². The first-order valence-corrected chi connectivity index (χ1v) is 28.3. The third-order valence-corrected chi connectivity index (χ3v) is 17.5. The van der Waals surface area contributed by atoms with Crippen molar-refractivity contribution in [2.24, 2.45) is 0 Å². The molecule has 1 fully saturated rings. The van der Waals surface area contributed by atoms with Crippen LogP contribution in [0.1, 0.15) is 133 Å². The smallest absolute Gasteiger partial charge is 0.403 e. The monoisotopic (exact) mass is 983 g/mol. The lowest BCUT2D eigenvalue weighted by molar-refractivity contribution is 0.166. The Hall–Kier alpha value is -6.03. The number of rotatable bonds is 6. The van der Waals surface area contributed by atoms with E-state index in [4.69, 9.17) is 9.05 Å². The number of aryl methyl sites for hydroxylation is 13. The predicted octanol–water partition coefficient (Wildman–Crippen LogP) is 18.5. The van der Waals surface area contributed by atoms with Gasteiger partial charge in [-0.2, -0.15) is 0 Å². The van der Waals surface area contributed by atoms with Crippen LogP contribution >= 0.6 is 7.82 Å². The molecule has 1 heterocycles. The zero-order valence-electron chi connectivity index (χ0n) is 45.2. The molecule has 73 heavy (non-hydrogen) atoms. The zero-order valence-corrected chi connectivity index (χ0v) is 46.1. The van der Waals surface area contributed by atoms with Gasteiger partial charge in [0.05, 0.1) is 0 Å². The molecule has 3 aliphatic carbocycles. The topological polar surface area (TPSA) is 55.8 Å². The second kappa shape index (κ2) is 18.7. The van der Waals surface area contributed by atoms with Gasteiger partial charge in [-0.1, -0.05) is 89.0 Å². The van der Waals surface area contributed by atoms with Crippen LogP contribution in [0.2, 0.25) is 0 Å². The Bertz CT molecular complexity index is 3360. The summed E-state index contributed by atoms with van der Waals surface area (Å²) in [7, 11) is -4.77. The Morgan fingerprint density at radius 1 is 0.452 bits per heavy atom. The highest BCUT2D eigenvalue weighted by Gasteiger charge is 2.46. The second-order valence-corrected chi connectivity index (χ2v) is 23.9. The molecule has 0 radical (unpaired) electrons. The average molecular weight is 983 g/mol. The van der Waals surface area contributed by atoms with Crippen molar-refractivity contribution >= 4 is 13.4 Å². The number of hydrogen-bond donors (Lipinski definition) is 1. The molecule has 3 unspecified atom stereocenters. The van der Waals surface area contributed by atoms with Crippen LogP contribution in [-0.4, -0.2) is 11.0 Å². The quantitative estimate of drug-likeness (QED) is 0.169. The Morgan fingerprint density at radius 3 is 1.32 bits per heavy atom. The fraction of sp³-hybridized carbons (Fsp3) is 0.324. The van der Waals surface area contributed by atoms with Crippen molar-refractivity contribution in [3.8, 4) is 61.4 Å². The van der Waals surface area contributed by atoms with Gasteiger partial charge in [0, 0.05) is 17.0 Å². The number of allylic oxidation sites excluding steroid dienone is 2. The Labute approximate surface area is 434 Å². The van der Waals surface area contributed by atoms with E-state index in [-0.39, 0.29) is 5.92 Å². The predicted molar refractivity (Wildman–Crippen MR) is 305 cm³/mol. The molecule has 1 aliphatic heterocycles. The van der Waals surface area contributed by atoms with Gasteiger partial charge < -0.3 is 4.52 Å².